The van der Waals surface area contributed by atoms with Crippen molar-refractivity contribution in [1.82, 2.24) is 0 Å². The third-order valence-corrected chi connectivity index (χ3v) is 4.94. The van der Waals surface area contributed by atoms with Gasteiger partial charge in [-0.05, 0) is 55.3 Å². The molecule has 3 nitrogen and oxygen atoms in total. The molecule has 1 aliphatic rings. The highest BCUT2D eigenvalue weighted by atomic mass is 19.4. The predicted octanol–water partition coefficient (Wildman–Crippen LogP) is 4.32. The van der Waals surface area contributed by atoms with Gasteiger partial charge in [-0.2, -0.15) is 18.4 Å². The Morgan fingerprint density at radius 3 is 2.23 bits per heavy atom. The molecule has 2 aromatic rings. The van der Waals surface area contributed by atoms with Gasteiger partial charge in [-0.25, -0.2) is 0 Å². The smallest absolute Gasteiger partial charge is 0.391 e. The van der Waals surface area contributed by atoms with Crippen LogP contribution in [0.15, 0.2) is 48.5 Å². The number of benzene rings is 2. The average Bonchev–Trinajstić information content (AvgIpc) is 3.07. The second-order valence-electron chi connectivity index (χ2n) is 6.67. The predicted molar refractivity (Wildman–Crippen MR) is 92.8 cm³/mol. The molecule has 26 heavy (non-hydrogen) atoms. The van der Waals surface area contributed by atoms with Crippen molar-refractivity contribution in [3.63, 3.8) is 0 Å². The minimum absolute atomic E-state index is 0.0347. The van der Waals surface area contributed by atoms with Gasteiger partial charge in [0.1, 0.15) is 0 Å². The van der Waals surface area contributed by atoms with Crippen LogP contribution in [0.2, 0.25) is 0 Å². The molecule has 0 aromatic heterocycles. The number of rotatable bonds is 3. The molecular formula is C20H19F3N2O. The van der Waals surface area contributed by atoms with Crippen molar-refractivity contribution in [2.75, 3.05) is 11.4 Å². The van der Waals surface area contributed by atoms with E-state index in [4.69, 9.17) is 5.26 Å². The summed E-state index contributed by atoms with van der Waals surface area (Å²) in [4.78, 5) is 2.06. The van der Waals surface area contributed by atoms with E-state index in [2.05, 4.69) is 11.0 Å². The number of hydrogen-bond acceptors (Lipinski definition) is 3. The van der Waals surface area contributed by atoms with Crippen LogP contribution in [0.5, 0.6) is 0 Å². The highest BCUT2D eigenvalue weighted by Gasteiger charge is 2.36. The topological polar surface area (TPSA) is 47.3 Å². The van der Waals surface area contributed by atoms with Gasteiger partial charge < -0.3 is 10.0 Å². The summed E-state index contributed by atoms with van der Waals surface area (Å²) in [6.07, 6.45) is -4.27. The molecule has 0 radical (unpaired) electrons. The molecule has 2 aromatic carbocycles. The Morgan fingerprint density at radius 2 is 1.73 bits per heavy atom. The number of nitrogens with zero attached hydrogens (tertiary/aromatic N) is 2. The largest absolute Gasteiger partial charge is 0.416 e. The van der Waals surface area contributed by atoms with Crippen LogP contribution in [0.4, 0.5) is 18.9 Å². The lowest BCUT2D eigenvalue weighted by Gasteiger charge is -2.28. The Kier molecular flexibility index (Phi) is 4.92. The highest BCUT2D eigenvalue weighted by molar-refractivity contribution is 5.52. The van der Waals surface area contributed by atoms with E-state index in [1.807, 2.05) is 12.1 Å². The molecule has 3 rings (SSSR count). The van der Waals surface area contributed by atoms with Gasteiger partial charge in [-0.1, -0.05) is 12.1 Å². The molecule has 1 fully saturated rings. The van der Waals surface area contributed by atoms with Crippen LogP contribution in [0, 0.1) is 11.3 Å². The van der Waals surface area contributed by atoms with Crippen molar-refractivity contribution in [3.05, 3.63) is 65.2 Å². The maximum atomic E-state index is 12.7. The number of aliphatic hydroxyl groups is 1. The maximum absolute atomic E-state index is 12.7. The molecule has 136 valence electrons. The second kappa shape index (κ2) is 7.00. The Labute approximate surface area is 150 Å². The number of anilines is 1. The summed E-state index contributed by atoms with van der Waals surface area (Å²) in [6.45, 7) is 2.32. The first kappa shape index (κ1) is 18.3. The van der Waals surface area contributed by atoms with Crippen molar-refractivity contribution in [2.45, 2.75) is 37.6 Å². The van der Waals surface area contributed by atoms with Crippen LogP contribution >= 0.6 is 0 Å². The van der Waals surface area contributed by atoms with E-state index in [-0.39, 0.29) is 12.0 Å². The summed E-state index contributed by atoms with van der Waals surface area (Å²) in [7, 11) is 0. The van der Waals surface area contributed by atoms with Crippen molar-refractivity contribution in [2.24, 2.45) is 0 Å². The molecule has 1 N–H and O–H groups in total. The SMILES string of the molecule is C[C@@H](O)[C@@H]1CC(c2ccc(C(F)(F)F)cc2)CN1c1ccc(C#N)cc1. The summed E-state index contributed by atoms with van der Waals surface area (Å²) < 4.78 is 38.2. The van der Waals surface area contributed by atoms with E-state index in [0.29, 0.717) is 18.5 Å². The van der Waals surface area contributed by atoms with Crippen molar-refractivity contribution in [1.29, 1.82) is 5.26 Å². The van der Waals surface area contributed by atoms with E-state index < -0.39 is 17.8 Å². The van der Waals surface area contributed by atoms with Crippen LogP contribution in [-0.4, -0.2) is 23.8 Å². The van der Waals surface area contributed by atoms with Gasteiger partial charge in [0, 0.05) is 18.2 Å². The van der Waals surface area contributed by atoms with E-state index in [9.17, 15) is 18.3 Å². The summed E-state index contributed by atoms with van der Waals surface area (Å²) >= 11 is 0. The zero-order valence-corrected chi connectivity index (χ0v) is 14.2. The van der Waals surface area contributed by atoms with E-state index in [1.165, 1.54) is 12.1 Å². The molecule has 3 atom stereocenters. The van der Waals surface area contributed by atoms with E-state index >= 15 is 0 Å². The third kappa shape index (κ3) is 3.68. The van der Waals surface area contributed by atoms with Gasteiger partial charge >= 0.3 is 6.18 Å². The summed E-state index contributed by atoms with van der Waals surface area (Å²) in [5.41, 5.74) is 1.63. The zero-order valence-electron chi connectivity index (χ0n) is 14.2. The fourth-order valence-electron chi connectivity index (χ4n) is 3.53. The molecule has 0 aliphatic carbocycles. The highest BCUT2D eigenvalue weighted by Crippen LogP contribution is 2.38. The van der Waals surface area contributed by atoms with Gasteiger partial charge in [0.05, 0.1) is 29.3 Å². The Hall–Kier alpha value is -2.52. The fourth-order valence-corrected chi connectivity index (χ4v) is 3.53. The number of aliphatic hydroxyl groups excluding tert-OH is 1. The van der Waals surface area contributed by atoms with Gasteiger partial charge in [-0.15, -0.1) is 0 Å². The van der Waals surface area contributed by atoms with Crippen LogP contribution in [0.1, 0.15) is 36.0 Å². The molecule has 1 heterocycles. The Bertz CT molecular complexity index is 792. The first-order valence-corrected chi connectivity index (χ1v) is 8.41. The van der Waals surface area contributed by atoms with Crippen LogP contribution in [-0.2, 0) is 6.18 Å². The van der Waals surface area contributed by atoms with Gasteiger partial charge in [0.2, 0.25) is 0 Å². The Balaban J connectivity index is 1.83. The summed E-state index contributed by atoms with van der Waals surface area (Å²) in [6, 6.07) is 14.3. The lowest BCUT2D eigenvalue weighted by atomic mass is 9.94. The normalized spacial score (nSPS) is 21.5. The lowest BCUT2D eigenvalue weighted by Crippen LogP contribution is -2.37. The molecule has 1 unspecified atom stereocenters. The zero-order chi connectivity index (χ0) is 18.9. The average molecular weight is 360 g/mol. The molecule has 1 aliphatic heterocycles. The van der Waals surface area contributed by atoms with E-state index in [0.717, 1.165) is 23.4 Å². The van der Waals surface area contributed by atoms with Crippen LogP contribution < -0.4 is 4.90 Å². The molecule has 0 bridgehead atoms. The third-order valence-electron chi connectivity index (χ3n) is 4.94. The summed E-state index contributed by atoms with van der Waals surface area (Å²) in [5, 5.41) is 19.1. The minimum atomic E-state index is -4.34. The van der Waals surface area contributed by atoms with Gasteiger partial charge in [0.15, 0.2) is 0 Å². The molecule has 0 spiro atoms. The van der Waals surface area contributed by atoms with Crippen molar-refractivity contribution in [3.8, 4) is 6.07 Å². The summed E-state index contributed by atoms with van der Waals surface area (Å²) in [5.74, 6) is 0.0347. The van der Waals surface area contributed by atoms with Gasteiger partial charge in [0.25, 0.3) is 0 Å². The molecular weight excluding hydrogens is 341 g/mol. The molecule has 0 saturated carbocycles. The van der Waals surface area contributed by atoms with Crippen molar-refractivity contribution >= 4 is 5.69 Å². The Morgan fingerprint density at radius 1 is 1.12 bits per heavy atom. The number of hydrogen-bond donors (Lipinski definition) is 1. The number of nitriles is 1. The monoisotopic (exact) mass is 360 g/mol. The molecule has 1 saturated heterocycles. The number of alkyl halides is 3. The first-order valence-electron chi connectivity index (χ1n) is 8.41. The second-order valence-corrected chi connectivity index (χ2v) is 6.67. The molecule has 6 heteroatoms. The van der Waals surface area contributed by atoms with Crippen LogP contribution in [0.25, 0.3) is 0 Å². The standard InChI is InChI=1S/C20H19F3N2O/c1-13(26)19-10-16(15-4-6-17(7-5-15)20(21,22)23)12-25(19)18-8-2-14(11-24)3-9-18/h2-9,13,16,19,26H,10,12H2,1H3/t13-,16?,19+/m1/s1. The van der Waals surface area contributed by atoms with Gasteiger partial charge in [-0.3, -0.25) is 0 Å². The maximum Gasteiger partial charge on any atom is 0.416 e. The quantitative estimate of drug-likeness (QED) is 0.887. The first-order chi connectivity index (χ1) is 12.3. The lowest BCUT2D eigenvalue weighted by molar-refractivity contribution is -0.137. The number of halogens is 3. The molecule has 0 amide bonds. The fraction of sp³-hybridized carbons (Fsp3) is 0.350. The van der Waals surface area contributed by atoms with Crippen LogP contribution in [0.3, 0.4) is 0 Å². The van der Waals surface area contributed by atoms with Crippen molar-refractivity contribution < 1.29 is 18.3 Å². The minimum Gasteiger partial charge on any atom is -0.391 e. The van der Waals surface area contributed by atoms with E-state index in [1.54, 1.807) is 19.1 Å².